The van der Waals surface area contributed by atoms with E-state index in [1.54, 1.807) is 6.08 Å². The molecule has 2 fully saturated rings. The average Bonchev–Trinajstić information content (AvgIpc) is 2.79. The summed E-state index contributed by atoms with van der Waals surface area (Å²) in [5.74, 6) is 1.83. The van der Waals surface area contributed by atoms with Crippen molar-refractivity contribution in [3.8, 4) is 5.75 Å². The second-order valence-corrected chi connectivity index (χ2v) is 10.3. The van der Waals surface area contributed by atoms with Crippen LogP contribution in [0.1, 0.15) is 102 Å². The van der Waals surface area contributed by atoms with Gasteiger partial charge in [-0.1, -0.05) is 76.5 Å². The number of alkyl halides is 3. The van der Waals surface area contributed by atoms with Gasteiger partial charge < -0.3 is 4.74 Å². The Labute approximate surface area is 197 Å². The van der Waals surface area contributed by atoms with Gasteiger partial charge in [0.15, 0.2) is 11.6 Å². The van der Waals surface area contributed by atoms with E-state index in [1.807, 2.05) is 6.08 Å². The monoisotopic (exact) mass is 468 g/mol. The Hall–Kier alpha value is -1.52. The van der Waals surface area contributed by atoms with Crippen molar-refractivity contribution in [3.63, 3.8) is 0 Å². The van der Waals surface area contributed by atoms with Crippen LogP contribution in [0.4, 0.5) is 17.6 Å². The first-order valence-corrected chi connectivity index (χ1v) is 13.1. The lowest BCUT2D eigenvalue weighted by atomic mass is 9.68. The fraction of sp³-hybridized carbons (Fsp3) is 0.714. The molecule has 0 aliphatic heterocycles. The summed E-state index contributed by atoms with van der Waals surface area (Å²) in [5.41, 5.74) is 0.552. The summed E-state index contributed by atoms with van der Waals surface area (Å²) in [6, 6.07) is 3.56. The molecular weight excluding hydrogens is 428 g/mol. The summed E-state index contributed by atoms with van der Waals surface area (Å²) in [6.07, 6.45) is 17.7. The van der Waals surface area contributed by atoms with Crippen LogP contribution in [0.15, 0.2) is 24.3 Å². The molecule has 0 heterocycles. The fourth-order valence-corrected chi connectivity index (χ4v) is 5.96. The number of halogens is 4. The molecule has 0 spiro atoms. The third kappa shape index (κ3) is 8.98. The first-order valence-electron chi connectivity index (χ1n) is 13.1. The maximum atomic E-state index is 13.8. The number of unbranched alkanes of at least 4 members (excludes halogenated alkanes) is 2. The Balaban J connectivity index is 1.32. The molecule has 2 aliphatic rings. The van der Waals surface area contributed by atoms with Gasteiger partial charge in [-0.25, -0.2) is 4.39 Å². The molecule has 1 nitrogen and oxygen atoms in total. The fourth-order valence-electron chi connectivity index (χ4n) is 5.96. The molecular formula is C28H40F4O. The number of allylic oxidation sites excluding steroid dienone is 1. The number of hydrogen-bond donors (Lipinski definition) is 0. The number of ether oxygens (including phenoxy) is 1. The van der Waals surface area contributed by atoms with E-state index in [2.05, 4.69) is 11.7 Å². The van der Waals surface area contributed by atoms with Crippen molar-refractivity contribution in [1.29, 1.82) is 0 Å². The van der Waals surface area contributed by atoms with Gasteiger partial charge in [-0.15, -0.1) is 13.2 Å². The topological polar surface area (TPSA) is 9.23 Å². The third-order valence-corrected chi connectivity index (χ3v) is 7.90. The van der Waals surface area contributed by atoms with Crippen molar-refractivity contribution >= 4 is 6.08 Å². The third-order valence-electron chi connectivity index (χ3n) is 7.90. The molecule has 0 radical (unpaired) electrons. The molecule has 0 saturated heterocycles. The highest BCUT2D eigenvalue weighted by Gasteiger charge is 2.32. The molecule has 1 aromatic rings. The number of hydrogen-bond acceptors (Lipinski definition) is 1. The van der Waals surface area contributed by atoms with Crippen LogP contribution in [0.25, 0.3) is 6.08 Å². The van der Waals surface area contributed by atoms with Gasteiger partial charge in [-0.2, -0.15) is 0 Å². The van der Waals surface area contributed by atoms with E-state index in [4.69, 9.17) is 0 Å². The second kappa shape index (κ2) is 12.8. The number of rotatable bonds is 10. The quantitative estimate of drug-likeness (QED) is 0.245. The van der Waals surface area contributed by atoms with E-state index in [1.165, 1.54) is 83.1 Å². The van der Waals surface area contributed by atoms with E-state index in [0.29, 0.717) is 5.56 Å². The van der Waals surface area contributed by atoms with Crippen molar-refractivity contribution in [2.45, 2.75) is 103 Å². The highest BCUT2D eigenvalue weighted by molar-refractivity contribution is 5.51. The zero-order valence-corrected chi connectivity index (χ0v) is 20.0. The van der Waals surface area contributed by atoms with Crippen molar-refractivity contribution < 1.29 is 22.3 Å². The van der Waals surface area contributed by atoms with Crippen LogP contribution in [0.5, 0.6) is 5.75 Å². The van der Waals surface area contributed by atoms with Gasteiger partial charge in [0.05, 0.1) is 0 Å². The van der Waals surface area contributed by atoms with Crippen LogP contribution in [0, 0.1) is 29.5 Å². The summed E-state index contributed by atoms with van der Waals surface area (Å²) < 4.78 is 54.2. The summed E-state index contributed by atoms with van der Waals surface area (Å²) in [4.78, 5) is 0. The molecule has 2 aliphatic carbocycles. The zero-order chi connectivity index (χ0) is 23.7. The predicted molar refractivity (Wildman–Crippen MR) is 126 cm³/mol. The van der Waals surface area contributed by atoms with Gasteiger partial charge in [-0.05, 0) is 79.9 Å². The maximum absolute atomic E-state index is 13.8. The van der Waals surface area contributed by atoms with Crippen LogP contribution < -0.4 is 4.74 Å². The first kappa shape index (κ1) is 26.1. The van der Waals surface area contributed by atoms with Crippen LogP contribution >= 0.6 is 0 Å². The molecule has 0 unspecified atom stereocenters. The van der Waals surface area contributed by atoms with Crippen molar-refractivity contribution in [2.75, 3.05) is 0 Å². The first-order chi connectivity index (χ1) is 15.8. The van der Waals surface area contributed by atoms with Gasteiger partial charge in [0.1, 0.15) is 0 Å². The molecule has 0 amide bonds. The van der Waals surface area contributed by atoms with Gasteiger partial charge in [-0.3, -0.25) is 0 Å². The lowest BCUT2D eigenvalue weighted by Crippen LogP contribution is -2.25. The van der Waals surface area contributed by atoms with Crippen molar-refractivity contribution in [3.05, 3.63) is 35.7 Å². The molecule has 0 atom stereocenters. The molecule has 2 saturated carbocycles. The van der Waals surface area contributed by atoms with Crippen LogP contribution in [0.2, 0.25) is 0 Å². The molecule has 0 aromatic heterocycles. The SMILES string of the molecule is CCCCCC1CCC(C2CCC(CCC=Cc3ccc(OC(F)(F)F)c(F)c3)CC2)CC1. The average molecular weight is 469 g/mol. The lowest BCUT2D eigenvalue weighted by molar-refractivity contribution is -0.275. The van der Waals surface area contributed by atoms with E-state index < -0.39 is 17.9 Å². The highest BCUT2D eigenvalue weighted by atomic mass is 19.4. The maximum Gasteiger partial charge on any atom is 0.573 e. The summed E-state index contributed by atoms with van der Waals surface area (Å²) in [6.45, 7) is 2.28. The second-order valence-electron chi connectivity index (χ2n) is 10.3. The zero-order valence-electron chi connectivity index (χ0n) is 20.0. The summed E-state index contributed by atoms with van der Waals surface area (Å²) in [7, 11) is 0. The predicted octanol–water partition coefficient (Wildman–Crippen LogP) is 9.71. The number of benzene rings is 1. The van der Waals surface area contributed by atoms with E-state index in [9.17, 15) is 17.6 Å². The largest absolute Gasteiger partial charge is 0.573 e. The van der Waals surface area contributed by atoms with E-state index in [0.717, 1.165) is 48.6 Å². The Kier molecular flexibility index (Phi) is 10.1. The molecule has 186 valence electrons. The lowest BCUT2D eigenvalue weighted by Gasteiger charge is -2.38. The van der Waals surface area contributed by atoms with Gasteiger partial charge in [0.25, 0.3) is 0 Å². The van der Waals surface area contributed by atoms with E-state index >= 15 is 0 Å². The molecule has 33 heavy (non-hydrogen) atoms. The molecule has 3 rings (SSSR count). The molecule has 0 bridgehead atoms. The molecule has 0 N–H and O–H groups in total. The van der Waals surface area contributed by atoms with E-state index in [-0.39, 0.29) is 0 Å². The van der Waals surface area contributed by atoms with Crippen molar-refractivity contribution in [1.82, 2.24) is 0 Å². The van der Waals surface area contributed by atoms with Crippen LogP contribution in [-0.4, -0.2) is 6.36 Å². The Bertz CT molecular complexity index is 726. The Morgan fingerprint density at radius 1 is 0.879 bits per heavy atom. The molecule has 1 aromatic carbocycles. The minimum atomic E-state index is -4.88. The van der Waals surface area contributed by atoms with Crippen molar-refractivity contribution in [2.24, 2.45) is 23.7 Å². The minimum absolute atomic E-state index is 0.552. The van der Waals surface area contributed by atoms with Crippen LogP contribution in [0.3, 0.4) is 0 Å². The smallest absolute Gasteiger partial charge is 0.403 e. The van der Waals surface area contributed by atoms with Crippen LogP contribution in [-0.2, 0) is 0 Å². The minimum Gasteiger partial charge on any atom is -0.403 e. The van der Waals surface area contributed by atoms with Gasteiger partial charge in [0, 0.05) is 0 Å². The standard InChI is InChI=1S/C28H40F4O/c1-2-3-4-7-21-10-15-24(16-11-21)25-17-12-22(13-18-25)8-5-6-9-23-14-19-27(26(29)20-23)33-28(30,31)32/h6,9,14,19-22,24-25H,2-5,7-8,10-13,15-18H2,1H3. The summed E-state index contributed by atoms with van der Waals surface area (Å²) in [5, 5.41) is 0. The normalized spacial score (nSPS) is 26.6. The summed E-state index contributed by atoms with van der Waals surface area (Å²) >= 11 is 0. The van der Waals surface area contributed by atoms with Gasteiger partial charge >= 0.3 is 6.36 Å². The Morgan fingerprint density at radius 3 is 2.03 bits per heavy atom. The Morgan fingerprint density at radius 2 is 1.48 bits per heavy atom. The molecule has 5 heteroatoms. The van der Waals surface area contributed by atoms with Gasteiger partial charge in [0.2, 0.25) is 0 Å². The highest BCUT2D eigenvalue weighted by Crippen LogP contribution is 2.43.